The molecule has 0 atom stereocenters. The molecule has 0 aliphatic heterocycles. The number of guanidine groups is 1. The fourth-order valence-corrected chi connectivity index (χ4v) is 2.64. The molecule has 1 rings (SSSR count). The van der Waals surface area contributed by atoms with E-state index in [-0.39, 0.29) is 29.9 Å². The number of amides is 1. The molecule has 21 heavy (non-hydrogen) atoms. The van der Waals surface area contributed by atoms with Crippen LogP contribution < -0.4 is 10.6 Å². The zero-order chi connectivity index (χ0) is 15.2. The first-order chi connectivity index (χ1) is 9.41. The van der Waals surface area contributed by atoms with Crippen LogP contribution in [-0.2, 0) is 4.79 Å². The molecule has 8 heteroatoms. The van der Waals surface area contributed by atoms with Crippen LogP contribution in [0.3, 0.4) is 0 Å². The summed E-state index contributed by atoms with van der Waals surface area (Å²) in [4.78, 5) is 17.8. The third-order valence-electron chi connectivity index (χ3n) is 3.66. The molecule has 0 aromatic heterocycles. The Hall–Kier alpha value is -0.670. The first kappa shape index (κ1) is 20.3. The minimum absolute atomic E-state index is 0. The van der Waals surface area contributed by atoms with Crippen LogP contribution in [-0.4, -0.2) is 57.4 Å². The summed E-state index contributed by atoms with van der Waals surface area (Å²) in [6.07, 6.45) is 1.25. The number of nitrogens with zero attached hydrogens (tertiary/aromatic N) is 2. The topological polar surface area (TPSA) is 56.7 Å². The molecule has 1 amide bonds. The lowest BCUT2D eigenvalue weighted by molar-refractivity contribution is -0.138. The Morgan fingerprint density at radius 2 is 1.86 bits per heavy atom. The predicted octanol–water partition coefficient (Wildman–Crippen LogP) is 1.68. The Morgan fingerprint density at radius 3 is 2.29 bits per heavy atom. The maximum atomic E-state index is 12.3. The number of carbonyl (C=O) groups is 1. The number of nitrogens with one attached hydrogen (secondary N) is 2. The highest BCUT2D eigenvalue weighted by atomic mass is 127. The molecule has 0 saturated heterocycles. The van der Waals surface area contributed by atoms with Gasteiger partial charge in [0.1, 0.15) is 0 Å². The lowest BCUT2D eigenvalue weighted by Gasteiger charge is -2.31. The summed E-state index contributed by atoms with van der Waals surface area (Å²) in [5.74, 6) is 0.398. The van der Waals surface area contributed by atoms with Crippen LogP contribution in [0, 0.1) is 5.41 Å². The fraction of sp³-hybridized carbons (Fsp3) is 0.846. The lowest BCUT2D eigenvalue weighted by Crippen LogP contribution is -2.49. The number of hydrogen-bond donors (Lipinski definition) is 2. The van der Waals surface area contributed by atoms with Crippen LogP contribution in [0.15, 0.2) is 4.99 Å². The largest absolute Gasteiger partial charge is 0.355 e. The molecule has 0 aromatic rings. The molecular formula is C13H25F2IN4O. The van der Waals surface area contributed by atoms with Crippen molar-refractivity contribution in [1.82, 2.24) is 15.5 Å². The van der Waals surface area contributed by atoms with Gasteiger partial charge >= 0.3 is 0 Å². The summed E-state index contributed by atoms with van der Waals surface area (Å²) in [5, 5.41) is 5.54. The second kappa shape index (κ2) is 9.37. The van der Waals surface area contributed by atoms with Crippen molar-refractivity contribution in [2.75, 3.05) is 34.2 Å². The van der Waals surface area contributed by atoms with E-state index in [9.17, 15) is 13.6 Å². The third kappa shape index (κ3) is 5.91. The van der Waals surface area contributed by atoms with Gasteiger partial charge in [-0.25, -0.2) is 8.78 Å². The van der Waals surface area contributed by atoms with Gasteiger partial charge < -0.3 is 15.5 Å². The maximum absolute atomic E-state index is 12.3. The molecule has 0 unspecified atom stereocenters. The SMILES string of the molecule is CN=C(NCC(F)F)NCC1(C(=O)N(C)C)CCCC1.I. The van der Waals surface area contributed by atoms with Crippen LogP contribution in [0.1, 0.15) is 25.7 Å². The van der Waals surface area contributed by atoms with Crippen LogP contribution in [0.5, 0.6) is 0 Å². The summed E-state index contributed by atoms with van der Waals surface area (Å²) in [7, 11) is 5.01. The van der Waals surface area contributed by atoms with E-state index < -0.39 is 18.4 Å². The van der Waals surface area contributed by atoms with E-state index in [0.29, 0.717) is 12.5 Å². The Morgan fingerprint density at radius 1 is 1.29 bits per heavy atom. The van der Waals surface area contributed by atoms with Gasteiger partial charge in [0.2, 0.25) is 5.91 Å². The molecule has 1 saturated carbocycles. The van der Waals surface area contributed by atoms with Gasteiger partial charge in [-0.3, -0.25) is 9.79 Å². The lowest BCUT2D eigenvalue weighted by atomic mass is 9.84. The molecule has 0 heterocycles. The first-order valence-electron chi connectivity index (χ1n) is 6.86. The smallest absolute Gasteiger partial charge is 0.255 e. The zero-order valence-electron chi connectivity index (χ0n) is 12.8. The highest BCUT2D eigenvalue weighted by Gasteiger charge is 2.42. The molecule has 0 radical (unpaired) electrons. The fourth-order valence-electron chi connectivity index (χ4n) is 2.64. The van der Waals surface area contributed by atoms with E-state index in [0.717, 1.165) is 25.7 Å². The van der Waals surface area contributed by atoms with Gasteiger partial charge in [-0.05, 0) is 12.8 Å². The Balaban J connectivity index is 0.00000400. The minimum Gasteiger partial charge on any atom is -0.355 e. The number of rotatable bonds is 5. The summed E-state index contributed by atoms with van der Waals surface area (Å²) < 4.78 is 24.4. The molecule has 5 nitrogen and oxygen atoms in total. The van der Waals surface area contributed by atoms with Gasteiger partial charge in [0, 0.05) is 27.7 Å². The highest BCUT2D eigenvalue weighted by molar-refractivity contribution is 14.0. The number of halogens is 3. The van der Waals surface area contributed by atoms with Crippen LogP contribution in [0.4, 0.5) is 8.78 Å². The quantitative estimate of drug-likeness (QED) is 0.406. The molecule has 1 aliphatic carbocycles. The highest BCUT2D eigenvalue weighted by Crippen LogP contribution is 2.38. The van der Waals surface area contributed by atoms with E-state index >= 15 is 0 Å². The number of alkyl halides is 2. The van der Waals surface area contributed by atoms with Crippen LogP contribution in [0.25, 0.3) is 0 Å². The molecule has 1 aliphatic rings. The van der Waals surface area contributed by atoms with Gasteiger partial charge in [-0.1, -0.05) is 12.8 Å². The van der Waals surface area contributed by atoms with Gasteiger partial charge in [-0.15, -0.1) is 24.0 Å². The Labute approximate surface area is 142 Å². The van der Waals surface area contributed by atoms with Crippen molar-refractivity contribution >= 4 is 35.8 Å². The van der Waals surface area contributed by atoms with Crippen molar-refractivity contribution in [2.45, 2.75) is 32.1 Å². The summed E-state index contributed by atoms with van der Waals surface area (Å²) >= 11 is 0. The van der Waals surface area contributed by atoms with E-state index in [1.54, 1.807) is 19.0 Å². The summed E-state index contributed by atoms with van der Waals surface area (Å²) in [5.41, 5.74) is -0.439. The molecule has 0 aromatic carbocycles. The second-order valence-corrected chi connectivity index (χ2v) is 5.38. The Kier molecular flexibility index (Phi) is 9.07. The van der Waals surface area contributed by atoms with Crippen molar-refractivity contribution in [3.8, 4) is 0 Å². The second-order valence-electron chi connectivity index (χ2n) is 5.38. The monoisotopic (exact) mass is 418 g/mol. The van der Waals surface area contributed by atoms with Crippen LogP contribution in [0.2, 0.25) is 0 Å². The standard InChI is InChI=1S/C13H24F2N4O.HI/c1-16-12(17-8-10(14)15)18-9-13(6-4-5-7-13)11(20)19(2)3;/h10H,4-9H2,1-3H3,(H2,16,17,18);1H. The number of carbonyl (C=O) groups excluding carboxylic acids is 1. The zero-order valence-corrected chi connectivity index (χ0v) is 15.1. The van der Waals surface area contributed by atoms with E-state index in [2.05, 4.69) is 15.6 Å². The predicted molar refractivity (Wildman–Crippen MR) is 90.4 cm³/mol. The van der Waals surface area contributed by atoms with Crippen molar-refractivity contribution in [3.05, 3.63) is 0 Å². The van der Waals surface area contributed by atoms with Gasteiger partial charge in [-0.2, -0.15) is 0 Å². The van der Waals surface area contributed by atoms with Crippen molar-refractivity contribution in [3.63, 3.8) is 0 Å². The normalized spacial score (nSPS) is 17.3. The molecule has 124 valence electrons. The average Bonchev–Trinajstić information content (AvgIpc) is 2.87. The van der Waals surface area contributed by atoms with Crippen molar-refractivity contribution < 1.29 is 13.6 Å². The van der Waals surface area contributed by atoms with Gasteiger partial charge in [0.05, 0.1) is 12.0 Å². The van der Waals surface area contributed by atoms with Crippen molar-refractivity contribution in [2.24, 2.45) is 10.4 Å². The summed E-state index contributed by atoms with van der Waals surface area (Å²) in [6.45, 7) is -0.0266. The first-order valence-corrected chi connectivity index (χ1v) is 6.86. The summed E-state index contributed by atoms with van der Waals surface area (Å²) in [6, 6.07) is 0. The molecule has 0 spiro atoms. The van der Waals surface area contributed by atoms with Crippen molar-refractivity contribution in [1.29, 1.82) is 0 Å². The van der Waals surface area contributed by atoms with E-state index in [1.165, 1.54) is 7.05 Å². The minimum atomic E-state index is -2.43. The maximum Gasteiger partial charge on any atom is 0.255 e. The van der Waals surface area contributed by atoms with E-state index in [1.807, 2.05) is 0 Å². The number of aliphatic imine (C=N–C) groups is 1. The van der Waals surface area contributed by atoms with Gasteiger partial charge in [0.15, 0.2) is 5.96 Å². The average molecular weight is 418 g/mol. The molecular weight excluding hydrogens is 393 g/mol. The van der Waals surface area contributed by atoms with Crippen LogP contribution >= 0.6 is 24.0 Å². The third-order valence-corrected chi connectivity index (χ3v) is 3.66. The molecule has 1 fully saturated rings. The Bertz CT molecular complexity index is 358. The molecule has 0 bridgehead atoms. The van der Waals surface area contributed by atoms with E-state index in [4.69, 9.17) is 0 Å². The van der Waals surface area contributed by atoms with Gasteiger partial charge in [0.25, 0.3) is 6.43 Å². The molecule has 2 N–H and O–H groups in total. The number of hydrogen-bond acceptors (Lipinski definition) is 2.